The highest BCUT2D eigenvalue weighted by Gasteiger charge is 2.29. The minimum atomic E-state index is -4.46. The third kappa shape index (κ3) is 4.93. The molecule has 1 aromatic heterocycles. The molecule has 0 spiro atoms. The molecule has 2 rings (SSSR count). The Hall–Kier alpha value is -2.13. The highest BCUT2D eigenvalue weighted by Crippen LogP contribution is 2.28. The van der Waals surface area contributed by atoms with Crippen LogP contribution in [0.5, 0.6) is 5.75 Å². The zero-order valence-corrected chi connectivity index (χ0v) is 12.9. The van der Waals surface area contributed by atoms with Crippen molar-refractivity contribution >= 4 is 22.9 Å². The number of hydrogen-bond acceptors (Lipinski definition) is 5. The number of nitrogens with two attached hydrogens (primary N) is 1. The average molecular weight is 345 g/mol. The van der Waals surface area contributed by atoms with E-state index in [0.717, 1.165) is 0 Å². The quantitative estimate of drug-likeness (QED) is 0.873. The molecule has 2 aromatic rings. The number of anilines is 1. The predicted octanol–water partition coefficient (Wildman–Crippen LogP) is 3.10. The van der Waals surface area contributed by atoms with Gasteiger partial charge in [0.25, 0.3) is 5.91 Å². The molecule has 0 unspecified atom stereocenters. The fourth-order valence-corrected chi connectivity index (χ4v) is 2.36. The molecule has 0 atom stereocenters. The summed E-state index contributed by atoms with van der Waals surface area (Å²) in [5, 5.41) is 4.62. The molecule has 1 amide bonds. The number of alkyl halides is 3. The zero-order valence-electron chi connectivity index (χ0n) is 12.1. The Bertz CT molecular complexity index is 701. The van der Waals surface area contributed by atoms with E-state index in [2.05, 4.69) is 10.3 Å². The topological polar surface area (TPSA) is 77.2 Å². The average Bonchev–Trinajstić information content (AvgIpc) is 2.95. The molecule has 0 aliphatic carbocycles. The Morgan fingerprint density at radius 3 is 2.78 bits per heavy atom. The number of aromatic nitrogens is 1. The molecule has 23 heavy (non-hydrogen) atoms. The Balaban J connectivity index is 2.16. The highest BCUT2D eigenvalue weighted by molar-refractivity contribution is 7.09. The van der Waals surface area contributed by atoms with Crippen LogP contribution in [0.1, 0.15) is 21.1 Å². The minimum absolute atomic E-state index is 0.0510. The number of amides is 1. The first kappa shape index (κ1) is 17.2. The van der Waals surface area contributed by atoms with Crippen LogP contribution in [0.4, 0.5) is 18.9 Å². The number of nitrogens with one attached hydrogen (secondary N) is 1. The van der Waals surface area contributed by atoms with Crippen LogP contribution < -0.4 is 15.8 Å². The van der Waals surface area contributed by atoms with Gasteiger partial charge in [0.2, 0.25) is 0 Å². The van der Waals surface area contributed by atoms with E-state index in [9.17, 15) is 18.0 Å². The van der Waals surface area contributed by atoms with Crippen LogP contribution in [0.25, 0.3) is 0 Å². The summed E-state index contributed by atoms with van der Waals surface area (Å²) in [7, 11) is 0. The monoisotopic (exact) mass is 345 g/mol. The van der Waals surface area contributed by atoms with Gasteiger partial charge in [-0.05, 0) is 24.6 Å². The molecular formula is C14H14F3N3O2S. The van der Waals surface area contributed by atoms with E-state index in [1.807, 2.05) is 0 Å². The van der Waals surface area contributed by atoms with Crippen molar-refractivity contribution in [3.8, 4) is 5.75 Å². The van der Waals surface area contributed by atoms with Gasteiger partial charge in [0.15, 0.2) is 6.61 Å². The molecule has 0 saturated carbocycles. The number of ether oxygens (including phenoxy) is 1. The van der Waals surface area contributed by atoms with Gasteiger partial charge >= 0.3 is 6.18 Å². The van der Waals surface area contributed by atoms with Crippen LogP contribution in [0.15, 0.2) is 23.6 Å². The number of aryl methyl sites for hydroxylation is 1. The van der Waals surface area contributed by atoms with Crippen LogP contribution >= 0.6 is 11.3 Å². The van der Waals surface area contributed by atoms with E-state index >= 15 is 0 Å². The molecule has 0 saturated heterocycles. The largest absolute Gasteiger partial charge is 0.482 e. The molecule has 9 heteroatoms. The molecule has 5 nitrogen and oxygen atoms in total. The minimum Gasteiger partial charge on any atom is -0.482 e. The van der Waals surface area contributed by atoms with Gasteiger partial charge < -0.3 is 15.8 Å². The molecule has 1 aromatic carbocycles. The maximum absolute atomic E-state index is 12.3. The summed E-state index contributed by atoms with van der Waals surface area (Å²) in [5.41, 5.74) is 6.43. The smallest absolute Gasteiger partial charge is 0.422 e. The highest BCUT2D eigenvalue weighted by atomic mass is 32.1. The Morgan fingerprint density at radius 1 is 1.43 bits per heavy atom. The van der Waals surface area contributed by atoms with Crippen molar-refractivity contribution in [1.82, 2.24) is 4.98 Å². The van der Waals surface area contributed by atoms with Gasteiger partial charge in [-0.2, -0.15) is 13.2 Å². The van der Waals surface area contributed by atoms with Crippen molar-refractivity contribution < 1.29 is 22.7 Å². The molecule has 0 fully saturated rings. The van der Waals surface area contributed by atoms with Gasteiger partial charge in [-0.25, -0.2) is 4.98 Å². The molecule has 0 bridgehead atoms. The number of carbonyl (C=O) groups is 1. The van der Waals surface area contributed by atoms with Gasteiger partial charge in [0, 0.05) is 11.9 Å². The third-order valence-electron chi connectivity index (χ3n) is 2.74. The van der Waals surface area contributed by atoms with Crippen molar-refractivity contribution in [3.63, 3.8) is 0 Å². The van der Waals surface area contributed by atoms with Crippen molar-refractivity contribution in [2.24, 2.45) is 5.73 Å². The molecule has 0 radical (unpaired) electrons. The second-order valence-corrected chi connectivity index (χ2v) is 5.63. The maximum atomic E-state index is 12.3. The fraction of sp³-hybridized carbons (Fsp3) is 0.286. The van der Waals surface area contributed by atoms with Gasteiger partial charge in [-0.15, -0.1) is 11.3 Å². The lowest BCUT2D eigenvalue weighted by Gasteiger charge is -2.14. The second-order valence-electron chi connectivity index (χ2n) is 4.69. The van der Waals surface area contributed by atoms with E-state index < -0.39 is 18.7 Å². The first-order chi connectivity index (χ1) is 10.8. The number of rotatable bonds is 5. The number of halogens is 3. The lowest BCUT2D eigenvalue weighted by Crippen LogP contribution is -2.20. The number of nitrogens with zero attached hydrogens (tertiary/aromatic N) is 1. The summed E-state index contributed by atoms with van der Waals surface area (Å²) < 4.78 is 41.7. The van der Waals surface area contributed by atoms with Gasteiger partial charge in [-0.3, -0.25) is 4.79 Å². The van der Waals surface area contributed by atoms with E-state index in [1.54, 1.807) is 13.0 Å². The summed E-state index contributed by atoms with van der Waals surface area (Å²) in [5.74, 6) is -0.591. The first-order valence-corrected chi connectivity index (χ1v) is 7.42. The number of hydrogen-bond donors (Lipinski definition) is 2. The van der Waals surface area contributed by atoms with Gasteiger partial charge in [-0.1, -0.05) is 6.07 Å². The molecule has 124 valence electrons. The molecule has 0 aliphatic heterocycles. The molecule has 1 heterocycles. The molecule has 3 N–H and O–H groups in total. The van der Waals surface area contributed by atoms with Crippen molar-refractivity contribution in [1.29, 1.82) is 0 Å². The zero-order chi connectivity index (χ0) is 17.0. The van der Waals surface area contributed by atoms with Crippen molar-refractivity contribution in [2.75, 3.05) is 11.9 Å². The second kappa shape index (κ2) is 6.97. The molecule has 0 aliphatic rings. The standard InChI is InChI=1S/C14H14F3N3O2S/c1-8-2-3-9(11(4-8)22-7-14(15,16)17)20-13(21)10-6-23-12(5-18)19-10/h2-4,6H,5,7,18H2,1H3,(H,20,21). The van der Waals surface area contributed by atoms with Crippen LogP contribution in [-0.2, 0) is 6.54 Å². The maximum Gasteiger partial charge on any atom is 0.422 e. The van der Waals surface area contributed by atoms with E-state index in [4.69, 9.17) is 10.5 Å². The number of benzene rings is 1. The number of thiazole rings is 1. The van der Waals surface area contributed by atoms with Crippen LogP contribution in [-0.4, -0.2) is 23.7 Å². The predicted molar refractivity (Wildman–Crippen MR) is 80.7 cm³/mol. The van der Waals surface area contributed by atoms with Crippen LogP contribution in [0.3, 0.4) is 0 Å². The van der Waals surface area contributed by atoms with Crippen molar-refractivity contribution in [2.45, 2.75) is 19.6 Å². The van der Waals surface area contributed by atoms with Crippen LogP contribution in [0.2, 0.25) is 0 Å². The van der Waals surface area contributed by atoms with Crippen LogP contribution in [0, 0.1) is 6.92 Å². The fourth-order valence-electron chi connectivity index (χ4n) is 1.71. The lowest BCUT2D eigenvalue weighted by atomic mass is 10.2. The molecular weight excluding hydrogens is 331 g/mol. The van der Waals surface area contributed by atoms with Gasteiger partial charge in [0.1, 0.15) is 16.5 Å². The summed E-state index contributed by atoms with van der Waals surface area (Å²) in [6.07, 6.45) is -4.46. The summed E-state index contributed by atoms with van der Waals surface area (Å²) in [4.78, 5) is 16.1. The summed E-state index contributed by atoms with van der Waals surface area (Å²) in [6.45, 7) is 0.482. The van der Waals surface area contributed by atoms with E-state index in [0.29, 0.717) is 10.6 Å². The van der Waals surface area contributed by atoms with E-state index in [-0.39, 0.29) is 23.7 Å². The third-order valence-corrected chi connectivity index (χ3v) is 3.61. The SMILES string of the molecule is Cc1ccc(NC(=O)c2csc(CN)n2)c(OCC(F)(F)F)c1. The Morgan fingerprint density at radius 2 is 2.17 bits per heavy atom. The normalized spacial score (nSPS) is 11.3. The van der Waals surface area contributed by atoms with Gasteiger partial charge in [0.05, 0.1) is 5.69 Å². The lowest BCUT2D eigenvalue weighted by molar-refractivity contribution is -0.153. The number of carbonyl (C=O) groups excluding carboxylic acids is 1. The summed E-state index contributed by atoms with van der Waals surface area (Å²) in [6, 6.07) is 4.56. The van der Waals surface area contributed by atoms with Crippen molar-refractivity contribution in [3.05, 3.63) is 39.8 Å². The Labute approximate surface area is 134 Å². The van der Waals surface area contributed by atoms with E-state index in [1.165, 1.54) is 28.8 Å². The Kier molecular flexibility index (Phi) is 5.22. The summed E-state index contributed by atoms with van der Waals surface area (Å²) >= 11 is 1.23. The first-order valence-electron chi connectivity index (χ1n) is 6.54.